The quantitative estimate of drug-likeness (QED) is 0.663. The molecule has 1 N–H and O–H groups in total. The number of alkyl halides is 3. The maximum absolute atomic E-state index is 13.3. The number of halogens is 3. The first-order valence-corrected chi connectivity index (χ1v) is 11.1. The van der Waals surface area contributed by atoms with Gasteiger partial charge < -0.3 is 19.9 Å². The predicted octanol–water partition coefficient (Wildman–Crippen LogP) is 1.98. The first-order chi connectivity index (χ1) is 16.7. The van der Waals surface area contributed by atoms with E-state index in [2.05, 4.69) is 10.3 Å². The SMILES string of the molecule is O=C(CN1C(=O)N[C@@]2(CCOc3ccccc32)C1=O)N1CCN(c2ccc(C(F)(F)F)cn2)CC1. The van der Waals surface area contributed by atoms with Gasteiger partial charge in [-0.15, -0.1) is 0 Å². The highest BCUT2D eigenvalue weighted by Gasteiger charge is 2.55. The van der Waals surface area contributed by atoms with Crippen LogP contribution < -0.4 is 15.0 Å². The van der Waals surface area contributed by atoms with E-state index in [0.29, 0.717) is 30.2 Å². The Morgan fingerprint density at radius 1 is 1.09 bits per heavy atom. The number of hydrogen-bond donors (Lipinski definition) is 1. The molecule has 35 heavy (non-hydrogen) atoms. The van der Waals surface area contributed by atoms with Crippen LogP contribution in [0.3, 0.4) is 0 Å². The van der Waals surface area contributed by atoms with Crippen LogP contribution in [-0.4, -0.2) is 72.0 Å². The van der Waals surface area contributed by atoms with E-state index in [1.807, 2.05) is 0 Å². The number of para-hydroxylation sites is 1. The molecule has 1 atom stereocenters. The zero-order valence-corrected chi connectivity index (χ0v) is 18.5. The summed E-state index contributed by atoms with van der Waals surface area (Å²) in [7, 11) is 0. The first-order valence-electron chi connectivity index (χ1n) is 11.1. The van der Waals surface area contributed by atoms with Crippen LogP contribution in [-0.2, 0) is 21.3 Å². The Kier molecular flexibility index (Phi) is 5.53. The second-order valence-corrected chi connectivity index (χ2v) is 8.59. The Hall–Kier alpha value is -3.83. The van der Waals surface area contributed by atoms with Crippen LogP contribution in [0.15, 0.2) is 42.6 Å². The zero-order valence-electron chi connectivity index (χ0n) is 18.5. The van der Waals surface area contributed by atoms with Crippen molar-refractivity contribution in [1.82, 2.24) is 20.1 Å². The second kappa shape index (κ2) is 8.43. The number of aromatic nitrogens is 1. The lowest BCUT2D eigenvalue weighted by atomic mass is 9.84. The minimum absolute atomic E-state index is 0.255. The average molecular weight is 489 g/mol. The minimum Gasteiger partial charge on any atom is -0.493 e. The van der Waals surface area contributed by atoms with Crippen molar-refractivity contribution in [3.05, 3.63) is 53.7 Å². The third-order valence-corrected chi connectivity index (χ3v) is 6.58. The molecule has 1 aromatic heterocycles. The van der Waals surface area contributed by atoms with Crippen LogP contribution in [0.1, 0.15) is 17.5 Å². The number of nitrogens with one attached hydrogen (secondary N) is 1. The van der Waals surface area contributed by atoms with Crippen molar-refractivity contribution in [2.24, 2.45) is 0 Å². The van der Waals surface area contributed by atoms with Gasteiger partial charge in [0.25, 0.3) is 5.91 Å². The van der Waals surface area contributed by atoms with E-state index < -0.39 is 35.8 Å². The fourth-order valence-corrected chi connectivity index (χ4v) is 4.68. The third kappa shape index (κ3) is 4.02. The lowest BCUT2D eigenvalue weighted by Gasteiger charge is -2.36. The molecule has 0 saturated carbocycles. The molecule has 4 heterocycles. The summed E-state index contributed by atoms with van der Waals surface area (Å²) in [6.07, 6.45) is -3.41. The maximum atomic E-state index is 13.3. The van der Waals surface area contributed by atoms with Gasteiger partial charge in [-0.2, -0.15) is 13.2 Å². The van der Waals surface area contributed by atoms with Crippen LogP contribution in [0.5, 0.6) is 5.75 Å². The second-order valence-electron chi connectivity index (χ2n) is 8.59. The molecule has 0 bridgehead atoms. The van der Waals surface area contributed by atoms with Gasteiger partial charge in [-0.1, -0.05) is 18.2 Å². The van der Waals surface area contributed by atoms with E-state index in [-0.39, 0.29) is 32.0 Å². The lowest BCUT2D eigenvalue weighted by molar-refractivity contribution is -0.139. The fourth-order valence-electron chi connectivity index (χ4n) is 4.68. The molecule has 2 fully saturated rings. The molecule has 3 aliphatic rings. The van der Waals surface area contributed by atoms with Crippen LogP contribution in [0, 0.1) is 0 Å². The summed E-state index contributed by atoms with van der Waals surface area (Å²) in [4.78, 5) is 47.1. The summed E-state index contributed by atoms with van der Waals surface area (Å²) in [6, 6.07) is 8.64. The maximum Gasteiger partial charge on any atom is 0.417 e. The minimum atomic E-state index is -4.46. The van der Waals surface area contributed by atoms with Crippen LogP contribution in [0.4, 0.5) is 23.8 Å². The Balaban J connectivity index is 1.22. The molecule has 1 spiro atoms. The number of pyridine rings is 1. The van der Waals surface area contributed by atoms with Crippen LogP contribution in [0.2, 0.25) is 0 Å². The summed E-state index contributed by atoms with van der Waals surface area (Å²) in [5.41, 5.74) is -1.51. The number of amides is 4. The lowest BCUT2D eigenvalue weighted by Crippen LogP contribution is -2.52. The Labute approximate surface area is 198 Å². The summed E-state index contributed by atoms with van der Waals surface area (Å²) in [5.74, 6) is 0.0398. The monoisotopic (exact) mass is 489 g/mol. The number of anilines is 1. The average Bonchev–Trinajstić information content (AvgIpc) is 3.08. The summed E-state index contributed by atoms with van der Waals surface area (Å²) >= 11 is 0. The van der Waals surface area contributed by atoms with Gasteiger partial charge in [0.2, 0.25) is 5.91 Å². The van der Waals surface area contributed by atoms with Crippen LogP contribution in [0.25, 0.3) is 0 Å². The fraction of sp³-hybridized carbons (Fsp3) is 0.391. The number of carbonyl (C=O) groups excluding carboxylic acids is 3. The highest BCUT2D eigenvalue weighted by molar-refractivity contribution is 6.09. The van der Waals surface area contributed by atoms with Crippen molar-refractivity contribution in [3.8, 4) is 5.75 Å². The van der Waals surface area contributed by atoms with E-state index in [1.165, 1.54) is 11.0 Å². The van der Waals surface area contributed by atoms with E-state index in [1.54, 1.807) is 29.2 Å². The summed E-state index contributed by atoms with van der Waals surface area (Å²) in [5, 5.41) is 2.77. The molecule has 12 heteroatoms. The molecule has 0 aliphatic carbocycles. The molecule has 184 valence electrons. The molecular weight excluding hydrogens is 467 g/mol. The van der Waals surface area contributed by atoms with Gasteiger partial charge in [0, 0.05) is 44.4 Å². The highest BCUT2D eigenvalue weighted by Crippen LogP contribution is 2.41. The van der Waals surface area contributed by atoms with Gasteiger partial charge in [0.1, 0.15) is 18.1 Å². The predicted molar refractivity (Wildman–Crippen MR) is 117 cm³/mol. The number of ether oxygens (including phenoxy) is 1. The summed E-state index contributed by atoms with van der Waals surface area (Å²) < 4.78 is 43.9. The number of imide groups is 1. The smallest absolute Gasteiger partial charge is 0.417 e. The van der Waals surface area contributed by atoms with E-state index in [4.69, 9.17) is 4.74 Å². The van der Waals surface area contributed by atoms with E-state index in [9.17, 15) is 27.6 Å². The third-order valence-electron chi connectivity index (χ3n) is 6.58. The summed E-state index contributed by atoms with van der Waals surface area (Å²) in [6.45, 7) is 1.15. The van der Waals surface area contributed by atoms with Crippen molar-refractivity contribution in [2.75, 3.05) is 44.2 Å². The molecule has 0 unspecified atom stereocenters. The van der Waals surface area contributed by atoms with Crippen LogP contribution >= 0.6 is 0 Å². The van der Waals surface area contributed by atoms with Crippen molar-refractivity contribution in [2.45, 2.75) is 18.1 Å². The Morgan fingerprint density at radius 3 is 2.51 bits per heavy atom. The molecule has 4 amide bonds. The van der Waals surface area contributed by atoms with Gasteiger partial charge in [0.15, 0.2) is 5.54 Å². The molecule has 9 nitrogen and oxygen atoms in total. The molecule has 5 rings (SSSR count). The van der Waals surface area contributed by atoms with E-state index in [0.717, 1.165) is 17.2 Å². The number of hydrogen-bond acceptors (Lipinski definition) is 6. The number of carbonyl (C=O) groups is 3. The number of rotatable bonds is 3. The number of urea groups is 1. The van der Waals surface area contributed by atoms with Crippen molar-refractivity contribution in [3.63, 3.8) is 0 Å². The number of nitrogens with zero attached hydrogens (tertiary/aromatic N) is 4. The van der Waals surface area contributed by atoms with Gasteiger partial charge in [-0.05, 0) is 18.2 Å². The zero-order chi connectivity index (χ0) is 24.8. The Morgan fingerprint density at radius 2 is 1.83 bits per heavy atom. The number of benzene rings is 1. The van der Waals surface area contributed by atoms with Crippen molar-refractivity contribution in [1.29, 1.82) is 0 Å². The molecule has 3 aliphatic heterocycles. The Bertz CT molecular complexity index is 1160. The molecule has 2 saturated heterocycles. The van der Waals surface area contributed by atoms with Crippen molar-refractivity contribution >= 4 is 23.7 Å². The standard InChI is InChI=1S/C23H22F3N5O4/c24-23(25,26)15-5-6-18(27-13-15)29-8-10-30(11-9-29)19(32)14-31-20(33)22(28-21(31)34)7-12-35-17-4-2-1-3-16(17)22/h1-6,13H,7-12,14H2,(H,28,34)/t22-/m1/s1. The topological polar surface area (TPSA) is 95.1 Å². The first kappa shape index (κ1) is 22.9. The van der Waals surface area contributed by atoms with E-state index >= 15 is 0 Å². The van der Waals surface area contributed by atoms with Gasteiger partial charge in [-0.25, -0.2) is 9.78 Å². The highest BCUT2D eigenvalue weighted by atomic mass is 19.4. The molecule has 1 aromatic carbocycles. The van der Waals surface area contributed by atoms with Crippen molar-refractivity contribution < 1.29 is 32.3 Å². The number of piperazine rings is 1. The molecule has 0 radical (unpaired) electrons. The largest absolute Gasteiger partial charge is 0.493 e. The van der Waals surface area contributed by atoms with Gasteiger partial charge in [0.05, 0.1) is 12.2 Å². The number of fused-ring (bicyclic) bond motifs is 2. The normalized spacial score (nSPS) is 22.2. The van der Waals surface area contributed by atoms with Gasteiger partial charge >= 0.3 is 12.2 Å². The van der Waals surface area contributed by atoms with Gasteiger partial charge in [-0.3, -0.25) is 14.5 Å². The molecule has 2 aromatic rings. The molecular formula is C23H22F3N5O4.